The van der Waals surface area contributed by atoms with Crippen molar-refractivity contribution in [2.75, 3.05) is 13.2 Å². The molecular weight excluding hydrogens is 324 g/mol. The zero-order valence-electron chi connectivity index (χ0n) is 13.7. The number of thioether (sulfide) groups is 1. The zero-order chi connectivity index (χ0) is 16.8. The second kappa shape index (κ2) is 8.30. The molecule has 2 N–H and O–H groups in total. The zero-order valence-corrected chi connectivity index (χ0v) is 14.5. The van der Waals surface area contributed by atoms with Crippen LogP contribution >= 0.6 is 11.8 Å². The third-order valence-electron chi connectivity index (χ3n) is 3.96. The fourth-order valence-corrected chi connectivity index (χ4v) is 3.58. The third kappa shape index (κ3) is 4.36. The lowest BCUT2D eigenvalue weighted by atomic mass is 10.1. The van der Waals surface area contributed by atoms with Gasteiger partial charge in [0.25, 0.3) is 0 Å². The first-order valence-corrected chi connectivity index (χ1v) is 9.12. The van der Waals surface area contributed by atoms with Crippen LogP contribution in [-0.4, -0.2) is 39.6 Å². The van der Waals surface area contributed by atoms with Crippen molar-refractivity contribution in [2.45, 2.75) is 42.4 Å². The molecule has 1 fully saturated rings. The number of carbonyl (C=O) groups excluding carboxylic acids is 1. The molecule has 1 aromatic carbocycles. The number of H-pyrrole nitrogens is 1. The van der Waals surface area contributed by atoms with E-state index in [2.05, 4.69) is 20.5 Å². The van der Waals surface area contributed by atoms with Gasteiger partial charge < -0.3 is 10.1 Å². The Hall–Kier alpha value is -1.86. The number of aromatic nitrogens is 3. The number of rotatable bonds is 7. The van der Waals surface area contributed by atoms with E-state index < -0.39 is 0 Å². The predicted molar refractivity (Wildman–Crippen MR) is 92.8 cm³/mol. The molecule has 128 valence electrons. The van der Waals surface area contributed by atoms with Gasteiger partial charge in [-0.1, -0.05) is 25.1 Å². The van der Waals surface area contributed by atoms with Gasteiger partial charge in [0.1, 0.15) is 5.82 Å². The number of aromatic amines is 1. The lowest BCUT2D eigenvalue weighted by molar-refractivity contribution is -0.120. The van der Waals surface area contributed by atoms with E-state index in [1.165, 1.54) is 0 Å². The van der Waals surface area contributed by atoms with Crippen molar-refractivity contribution in [1.82, 2.24) is 20.5 Å². The Morgan fingerprint density at radius 2 is 2.29 bits per heavy atom. The van der Waals surface area contributed by atoms with E-state index in [4.69, 9.17) is 4.74 Å². The first kappa shape index (κ1) is 17.0. The summed E-state index contributed by atoms with van der Waals surface area (Å²) in [5.74, 6) is 1.75. The average molecular weight is 346 g/mol. The van der Waals surface area contributed by atoms with Crippen LogP contribution in [0.25, 0.3) is 0 Å². The minimum absolute atomic E-state index is 0.0218. The number of amides is 1. The smallest absolute Gasteiger partial charge is 0.233 e. The molecule has 1 saturated heterocycles. The first-order valence-electron chi connectivity index (χ1n) is 8.24. The summed E-state index contributed by atoms with van der Waals surface area (Å²) in [7, 11) is 0. The molecule has 6 nitrogen and oxygen atoms in total. The Morgan fingerprint density at radius 3 is 3.00 bits per heavy atom. The van der Waals surface area contributed by atoms with Crippen LogP contribution < -0.4 is 5.32 Å². The fraction of sp³-hybridized carbons (Fsp3) is 0.471. The van der Waals surface area contributed by atoms with Gasteiger partial charge in [-0.2, -0.15) is 5.10 Å². The van der Waals surface area contributed by atoms with Crippen LogP contribution in [0.2, 0.25) is 0 Å². The van der Waals surface area contributed by atoms with E-state index in [9.17, 15) is 4.79 Å². The molecular formula is C17H22N4O2S. The molecule has 0 saturated carbocycles. The number of benzene rings is 1. The Balaban J connectivity index is 1.52. The van der Waals surface area contributed by atoms with Gasteiger partial charge in [0.05, 0.1) is 18.4 Å². The summed E-state index contributed by atoms with van der Waals surface area (Å²) >= 11 is 1.58. The van der Waals surface area contributed by atoms with Gasteiger partial charge in [-0.3, -0.25) is 9.89 Å². The molecule has 0 aliphatic carbocycles. The van der Waals surface area contributed by atoms with Crippen molar-refractivity contribution < 1.29 is 9.53 Å². The quantitative estimate of drug-likeness (QED) is 0.753. The largest absolute Gasteiger partial charge is 0.381 e. The monoisotopic (exact) mass is 346 g/mol. The van der Waals surface area contributed by atoms with Crippen LogP contribution in [0.5, 0.6) is 0 Å². The van der Waals surface area contributed by atoms with E-state index in [-0.39, 0.29) is 17.1 Å². The van der Waals surface area contributed by atoms with Crippen LogP contribution in [0.15, 0.2) is 35.2 Å². The Labute approximate surface area is 145 Å². The molecule has 7 heteroatoms. The van der Waals surface area contributed by atoms with Crippen LogP contribution in [0.3, 0.4) is 0 Å². The number of nitrogens with zero attached hydrogens (tertiary/aromatic N) is 2. The van der Waals surface area contributed by atoms with E-state index in [0.29, 0.717) is 19.0 Å². The summed E-state index contributed by atoms with van der Waals surface area (Å²) in [5, 5.41) is 9.98. The van der Waals surface area contributed by atoms with Crippen LogP contribution in [0.4, 0.5) is 0 Å². The molecule has 2 unspecified atom stereocenters. The molecule has 2 aromatic rings. The fourth-order valence-electron chi connectivity index (χ4n) is 2.58. The van der Waals surface area contributed by atoms with Gasteiger partial charge in [-0.15, -0.1) is 11.8 Å². The summed E-state index contributed by atoms with van der Waals surface area (Å²) in [6.07, 6.45) is 1.72. The molecule has 1 amide bonds. The normalized spacial score (nSPS) is 18.5. The number of nitrogens with one attached hydrogen (secondary N) is 2. The van der Waals surface area contributed by atoms with Crippen LogP contribution in [0, 0.1) is 0 Å². The Morgan fingerprint density at radius 1 is 1.46 bits per heavy atom. The molecule has 0 radical (unpaired) electrons. The van der Waals surface area contributed by atoms with Gasteiger partial charge in [-0.25, -0.2) is 4.98 Å². The molecule has 1 aliphatic heterocycles. The summed E-state index contributed by atoms with van der Waals surface area (Å²) < 4.78 is 5.36. The maximum atomic E-state index is 12.4. The highest BCUT2D eigenvalue weighted by Gasteiger charge is 2.22. The Bertz CT molecular complexity index is 656. The predicted octanol–water partition coefficient (Wildman–Crippen LogP) is 2.50. The maximum Gasteiger partial charge on any atom is 0.233 e. The maximum absolute atomic E-state index is 12.4. The summed E-state index contributed by atoms with van der Waals surface area (Å²) in [6, 6.07) is 9.98. The van der Waals surface area contributed by atoms with E-state index in [1.807, 2.05) is 37.3 Å². The average Bonchev–Trinajstić information content (AvgIpc) is 3.29. The van der Waals surface area contributed by atoms with Crippen molar-refractivity contribution in [2.24, 2.45) is 0 Å². The molecule has 1 aromatic heterocycles. The third-order valence-corrected chi connectivity index (χ3v) is 5.33. The van der Waals surface area contributed by atoms with Crippen molar-refractivity contribution in [3.8, 4) is 0 Å². The van der Waals surface area contributed by atoms with Gasteiger partial charge >= 0.3 is 0 Å². The SMILES string of the molecule is CCC(Sc1ccccc1)C(=O)NCc1nc(C2CCOC2)n[nH]1. The highest BCUT2D eigenvalue weighted by molar-refractivity contribution is 8.00. The van der Waals surface area contributed by atoms with E-state index in [0.717, 1.165) is 30.2 Å². The van der Waals surface area contributed by atoms with Crippen molar-refractivity contribution in [3.05, 3.63) is 42.0 Å². The van der Waals surface area contributed by atoms with Gasteiger partial charge in [-0.05, 0) is 25.0 Å². The number of hydrogen-bond donors (Lipinski definition) is 2. The lowest BCUT2D eigenvalue weighted by Gasteiger charge is -2.14. The molecule has 24 heavy (non-hydrogen) atoms. The highest BCUT2D eigenvalue weighted by Crippen LogP contribution is 2.25. The van der Waals surface area contributed by atoms with Gasteiger partial charge in [0.2, 0.25) is 5.91 Å². The molecule has 0 bridgehead atoms. The number of carbonyl (C=O) groups is 1. The molecule has 2 atom stereocenters. The highest BCUT2D eigenvalue weighted by atomic mass is 32.2. The number of hydrogen-bond acceptors (Lipinski definition) is 5. The first-order chi connectivity index (χ1) is 11.8. The number of ether oxygens (including phenoxy) is 1. The minimum atomic E-state index is -0.113. The van der Waals surface area contributed by atoms with E-state index >= 15 is 0 Å². The molecule has 0 spiro atoms. The second-order valence-corrected chi connectivity index (χ2v) is 7.02. The standard InChI is InChI=1S/C17H22N4O2S/c1-2-14(24-13-6-4-3-5-7-13)17(22)18-10-15-19-16(21-20-15)12-8-9-23-11-12/h3-7,12,14H,2,8-11H2,1H3,(H,18,22)(H,19,20,21). The van der Waals surface area contributed by atoms with Crippen molar-refractivity contribution in [3.63, 3.8) is 0 Å². The van der Waals surface area contributed by atoms with Crippen molar-refractivity contribution in [1.29, 1.82) is 0 Å². The Kier molecular flexibility index (Phi) is 5.87. The summed E-state index contributed by atoms with van der Waals surface area (Å²) in [6.45, 7) is 3.83. The molecule has 1 aliphatic rings. The molecule has 3 rings (SSSR count). The summed E-state index contributed by atoms with van der Waals surface area (Å²) in [5.41, 5.74) is 0. The second-order valence-electron chi connectivity index (χ2n) is 5.75. The van der Waals surface area contributed by atoms with E-state index in [1.54, 1.807) is 11.8 Å². The molecule has 2 heterocycles. The van der Waals surface area contributed by atoms with Crippen LogP contribution in [-0.2, 0) is 16.1 Å². The van der Waals surface area contributed by atoms with Crippen molar-refractivity contribution >= 4 is 17.7 Å². The van der Waals surface area contributed by atoms with Gasteiger partial charge in [0, 0.05) is 17.4 Å². The topological polar surface area (TPSA) is 79.9 Å². The van der Waals surface area contributed by atoms with Crippen LogP contribution in [0.1, 0.15) is 37.3 Å². The lowest BCUT2D eigenvalue weighted by Crippen LogP contribution is -2.32. The minimum Gasteiger partial charge on any atom is -0.381 e. The summed E-state index contributed by atoms with van der Waals surface area (Å²) in [4.78, 5) is 18.0. The van der Waals surface area contributed by atoms with Gasteiger partial charge in [0.15, 0.2) is 5.82 Å².